The number of hydrogen-bond donors (Lipinski definition) is 0. The zero-order chi connectivity index (χ0) is 13.1. The van der Waals surface area contributed by atoms with E-state index in [0.29, 0.717) is 0 Å². The van der Waals surface area contributed by atoms with E-state index in [1.54, 1.807) is 6.92 Å². The summed E-state index contributed by atoms with van der Waals surface area (Å²) in [4.78, 5) is 1.06. The average molecular weight is 270 g/mol. The van der Waals surface area contributed by atoms with Gasteiger partial charge in [-0.05, 0) is 19.1 Å². The number of hydrogen-bond acceptors (Lipinski definition) is 1. The number of rotatable bonds is 4. The van der Waals surface area contributed by atoms with Crippen LogP contribution in [-0.4, -0.2) is 19.3 Å². The van der Waals surface area contributed by atoms with Crippen molar-refractivity contribution in [2.45, 2.75) is 19.0 Å². The molecule has 0 spiro atoms. The van der Waals surface area contributed by atoms with Crippen LogP contribution in [0.15, 0.2) is 18.2 Å². The normalized spacial score (nSPS) is 11.6. The summed E-state index contributed by atoms with van der Waals surface area (Å²) in [6.45, 7) is 0.596. The molecule has 0 saturated carbocycles. The lowest BCUT2D eigenvalue weighted by molar-refractivity contribution is -0.119. The molecule has 0 unspecified atom stereocenters. The second kappa shape index (κ2) is 5.58. The molecule has 1 aromatic carbocycles. The third kappa shape index (κ3) is 3.77. The number of benzene rings is 1. The standard InChI is InChI=1S/C11H12ClF4N/c1-2-17(7-11(14,15)16)10-5-3-4-9(13)8(10)6-12/h3-5H,2,6-7H2,1H3. The fourth-order valence-electron chi connectivity index (χ4n) is 1.56. The molecule has 0 atom stereocenters. The summed E-state index contributed by atoms with van der Waals surface area (Å²) in [5, 5.41) is 0. The average Bonchev–Trinajstić information content (AvgIpc) is 2.24. The highest BCUT2D eigenvalue weighted by Crippen LogP contribution is 2.27. The van der Waals surface area contributed by atoms with Gasteiger partial charge in [-0.25, -0.2) is 4.39 Å². The first-order chi connectivity index (χ1) is 7.89. The highest BCUT2D eigenvalue weighted by atomic mass is 35.5. The van der Waals surface area contributed by atoms with Gasteiger partial charge in [0.1, 0.15) is 12.4 Å². The summed E-state index contributed by atoms with van der Waals surface area (Å²) in [6.07, 6.45) is -4.33. The Kier molecular flexibility index (Phi) is 4.62. The van der Waals surface area contributed by atoms with E-state index in [2.05, 4.69) is 0 Å². The van der Waals surface area contributed by atoms with Crippen molar-refractivity contribution in [1.82, 2.24) is 0 Å². The number of alkyl halides is 4. The van der Waals surface area contributed by atoms with Crippen LogP contribution in [-0.2, 0) is 5.88 Å². The third-order valence-electron chi connectivity index (χ3n) is 2.32. The second-order valence-corrected chi connectivity index (χ2v) is 3.77. The molecule has 1 aromatic rings. The van der Waals surface area contributed by atoms with Crippen LogP contribution in [0.25, 0.3) is 0 Å². The largest absolute Gasteiger partial charge is 0.405 e. The molecule has 0 aromatic heterocycles. The van der Waals surface area contributed by atoms with E-state index < -0.39 is 18.5 Å². The molecule has 0 amide bonds. The van der Waals surface area contributed by atoms with Crippen LogP contribution in [0.3, 0.4) is 0 Å². The van der Waals surface area contributed by atoms with E-state index in [0.717, 1.165) is 4.90 Å². The summed E-state index contributed by atoms with van der Waals surface area (Å²) in [6, 6.07) is 4.00. The van der Waals surface area contributed by atoms with Crippen LogP contribution < -0.4 is 4.90 Å². The Bertz CT molecular complexity index is 378. The van der Waals surface area contributed by atoms with Crippen LogP contribution >= 0.6 is 11.6 Å². The maximum absolute atomic E-state index is 13.4. The lowest BCUT2D eigenvalue weighted by Crippen LogP contribution is -2.34. The first-order valence-corrected chi connectivity index (χ1v) is 5.57. The Morgan fingerprint density at radius 1 is 1.29 bits per heavy atom. The Morgan fingerprint density at radius 2 is 1.94 bits per heavy atom. The maximum Gasteiger partial charge on any atom is 0.405 e. The summed E-state index contributed by atoms with van der Waals surface area (Å²) in [5.74, 6) is -0.741. The first kappa shape index (κ1) is 14.1. The lowest BCUT2D eigenvalue weighted by Gasteiger charge is -2.26. The van der Waals surface area contributed by atoms with E-state index in [1.807, 2.05) is 0 Å². The molecule has 0 aliphatic heterocycles. The predicted molar refractivity (Wildman–Crippen MR) is 59.9 cm³/mol. The van der Waals surface area contributed by atoms with Gasteiger partial charge in [0.05, 0.1) is 5.88 Å². The van der Waals surface area contributed by atoms with Crippen molar-refractivity contribution in [3.05, 3.63) is 29.6 Å². The fourth-order valence-corrected chi connectivity index (χ4v) is 1.82. The molecule has 0 fully saturated rings. The van der Waals surface area contributed by atoms with Crippen molar-refractivity contribution < 1.29 is 17.6 Å². The van der Waals surface area contributed by atoms with E-state index in [9.17, 15) is 17.6 Å². The quantitative estimate of drug-likeness (QED) is 0.591. The van der Waals surface area contributed by atoms with Crippen molar-refractivity contribution in [3.63, 3.8) is 0 Å². The van der Waals surface area contributed by atoms with Gasteiger partial charge in [-0.2, -0.15) is 13.2 Å². The van der Waals surface area contributed by atoms with Gasteiger partial charge in [0.25, 0.3) is 0 Å². The van der Waals surface area contributed by atoms with Crippen molar-refractivity contribution >= 4 is 17.3 Å². The van der Waals surface area contributed by atoms with Crippen LogP contribution in [0.2, 0.25) is 0 Å². The Labute approximate surface area is 102 Å². The summed E-state index contributed by atoms with van der Waals surface area (Å²) < 4.78 is 50.4. The third-order valence-corrected chi connectivity index (χ3v) is 2.59. The topological polar surface area (TPSA) is 3.24 Å². The van der Waals surface area contributed by atoms with Gasteiger partial charge in [-0.15, -0.1) is 11.6 Å². The molecule has 0 heterocycles. The lowest BCUT2D eigenvalue weighted by atomic mass is 10.1. The monoisotopic (exact) mass is 269 g/mol. The van der Waals surface area contributed by atoms with Gasteiger partial charge in [0.15, 0.2) is 0 Å². The van der Waals surface area contributed by atoms with E-state index >= 15 is 0 Å². The molecule has 6 heteroatoms. The number of nitrogens with zero attached hydrogens (tertiary/aromatic N) is 1. The van der Waals surface area contributed by atoms with Gasteiger partial charge in [-0.1, -0.05) is 6.07 Å². The number of anilines is 1. The minimum atomic E-state index is -4.33. The summed E-state index contributed by atoms with van der Waals surface area (Å²) >= 11 is 5.56. The Hall–Kier alpha value is -0.970. The smallest absolute Gasteiger partial charge is 0.363 e. The highest BCUT2D eigenvalue weighted by Gasteiger charge is 2.31. The molecule has 1 nitrogen and oxygen atoms in total. The van der Waals surface area contributed by atoms with Crippen LogP contribution in [0.5, 0.6) is 0 Å². The van der Waals surface area contributed by atoms with Gasteiger partial charge in [0, 0.05) is 17.8 Å². The maximum atomic E-state index is 13.4. The molecule has 96 valence electrons. The minimum absolute atomic E-state index is 0.0975. The predicted octanol–water partition coefficient (Wildman–Crippen LogP) is 3.95. The van der Waals surface area contributed by atoms with E-state index in [1.165, 1.54) is 18.2 Å². The van der Waals surface area contributed by atoms with E-state index in [4.69, 9.17) is 11.6 Å². The molecule has 0 N–H and O–H groups in total. The molecular formula is C11H12ClF4N. The van der Waals surface area contributed by atoms with Gasteiger partial charge < -0.3 is 4.90 Å². The number of halogens is 5. The molecule has 0 bridgehead atoms. The Morgan fingerprint density at radius 3 is 2.41 bits per heavy atom. The molecular weight excluding hydrogens is 258 g/mol. The highest BCUT2D eigenvalue weighted by molar-refractivity contribution is 6.17. The van der Waals surface area contributed by atoms with Gasteiger partial charge in [-0.3, -0.25) is 0 Å². The minimum Gasteiger partial charge on any atom is -0.363 e. The van der Waals surface area contributed by atoms with Crippen molar-refractivity contribution in [3.8, 4) is 0 Å². The van der Waals surface area contributed by atoms with Crippen LogP contribution in [0.1, 0.15) is 12.5 Å². The molecule has 0 saturated heterocycles. The van der Waals surface area contributed by atoms with Crippen molar-refractivity contribution in [2.24, 2.45) is 0 Å². The van der Waals surface area contributed by atoms with Crippen LogP contribution in [0, 0.1) is 5.82 Å². The SMILES string of the molecule is CCN(CC(F)(F)F)c1cccc(F)c1CCl. The second-order valence-electron chi connectivity index (χ2n) is 3.50. The summed E-state index contributed by atoms with van der Waals surface area (Å²) in [7, 11) is 0. The van der Waals surface area contributed by atoms with Crippen molar-refractivity contribution in [1.29, 1.82) is 0 Å². The first-order valence-electron chi connectivity index (χ1n) is 5.04. The fraction of sp³-hybridized carbons (Fsp3) is 0.455. The summed E-state index contributed by atoms with van der Waals surface area (Å²) in [5.41, 5.74) is 0.292. The molecule has 17 heavy (non-hydrogen) atoms. The molecule has 0 aliphatic rings. The Balaban J connectivity index is 3.07. The van der Waals surface area contributed by atoms with Crippen molar-refractivity contribution in [2.75, 3.05) is 18.0 Å². The van der Waals surface area contributed by atoms with Crippen LogP contribution in [0.4, 0.5) is 23.2 Å². The van der Waals surface area contributed by atoms with Gasteiger partial charge >= 0.3 is 6.18 Å². The molecule has 0 radical (unpaired) electrons. The zero-order valence-corrected chi connectivity index (χ0v) is 9.95. The molecule has 1 rings (SSSR count). The van der Waals surface area contributed by atoms with E-state index in [-0.39, 0.29) is 23.7 Å². The zero-order valence-electron chi connectivity index (χ0n) is 9.19. The van der Waals surface area contributed by atoms with Gasteiger partial charge in [0.2, 0.25) is 0 Å². The molecule has 0 aliphatic carbocycles.